The fourth-order valence-corrected chi connectivity index (χ4v) is 1.76. The van der Waals surface area contributed by atoms with Gasteiger partial charge in [0.15, 0.2) is 0 Å². The molecule has 1 aromatic heterocycles. The number of benzene rings is 1. The number of aryl methyl sites for hydroxylation is 1. The first kappa shape index (κ1) is 13.3. The molecule has 19 heavy (non-hydrogen) atoms. The number of nitrogens with one attached hydrogen (secondary N) is 3. The van der Waals surface area contributed by atoms with Crippen LogP contribution < -0.4 is 16.4 Å². The lowest BCUT2D eigenvalue weighted by molar-refractivity contribution is 0.105. The number of hydrogen-bond donors (Lipinski definition) is 5. The molecule has 7 nitrogen and oxygen atoms in total. The van der Waals surface area contributed by atoms with Crippen molar-refractivity contribution in [3.63, 3.8) is 0 Å². The van der Waals surface area contributed by atoms with Crippen LogP contribution in [0.1, 0.15) is 5.56 Å². The minimum Gasteiger partial charge on any atom is -0.394 e. The van der Waals surface area contributed by atoms with E-state index < -0.39 is 17.2 Å². The summed E-state index contributed by atoms with van der Waals surface area (Å²) in [6, 6.07) is 3.40. The van der Waals surface area contributed by atoms with Gasteiger partial charge >= 0.3 is 11.1 Å². The molecule has 0 bridgehead atoms. The smallest absolute Gasteiger partial charge is 0.314 e. The summed E-state index contributed by atoms with van der Waals surface area (Å²) in [5, 5.41) is 21.0. The van der Waals surface area contributed by atoms with Gasteiger partial charge in [0.2, 0.25) is 0 Å². The van der Waals surface area contributed by atoms with Gasteiger partial charge in [-0.05, 0) is 24.6 Å². The van der Waals surface area contributed by atoms with Crippen LogP contribution in [-0.4, -0.2) is 39.4 Å². The largest absolute Gasteiger partial charge is 0.394 e. The Morgan fingerprint density at radius 3 is 2.37 bits per heavy atom. The van der Waals surface area contributed by atoms with Crippen LogP contribution in [0.5, 0.6) is 0 Å². The second-order valence-corrected chi connectivity index (χ2v) is 4.34. The molecule has 1 aromatic carbocycles. The summed E-state index contributed by atoms with van der Waals surface area (Å²) in [5.41, 5.74) is 1.19. The predicted octanol–water partition coefficient (Wildman–Crippen LogP) is -0.710. The molecule has 1 atom stereocenters. The van der Waals surface area contributed by atoms with E-state index in [9.17, 15) is 14.7 Å². The molecule has 0 saturated carbocycles. The summed E-state index contributed by atoms with van der Waals surface area (Å²) in [6.45, 7) is 1.69. The average Bonchev–Trinajstić information content (AvgIpc) is 2.38. The summed E-state index contributed by atoms with van der Waals surface area (Å²) >= 11 is 0. The van der Waals surface area contributed by atoms with Gasteiger partial charge in [-0.1, -0.05) is 0 Å². The minimum atomic E-state index is -0.857. The van der Waals surface area contributed by atoms with Gasteiger partial charge < -0.3 is 25.5 Å². The molecule has 0 spiro atoms. The zero-order valence-corrected chi connectivity index (χ0v) is 10.4. The van der Waals surface area contributed by atoms with Crippen LogP contribution in [0.4, 0.5) is 5.69 Å². The highest BCUT2D eigenvalue weighted by Gasteiger charge is 2.06. The van der Waals surface area contributed by atoms with E-state index >= 15 is 0 Å². The molecule has 0 saturated heterocycles. The molecule has 102 valence electrons. The fourth-order valence-electron chi connectivity index (χ4n) is 1.76. The second-order valence-electron chi connectivity index (χ2n) is 4.34. The van der Waals surface area contributed by atoms with E-state index in [1.807, 2.05) is 6.92 Å². The third-order valence-corrected chi connectivity index (χ3v) is 2.81. The summed E-state index contributed by atoms with van der Waals surface area (Å²) < 4.78 is 0. The maximum absolute atomic E-state index is 11.2. The summed E-state index contributed by atoms with van der Waals surface area (Å²) in [7, 11) is 0. The third kappa shape index (κ3) is 2.83. The van der Waals surface area contributed by atoms with E-state index in [-0.39, 0.29) is 13.2 Å². The molecular formula is C12H15N3O4. The number of fused-ring (bicyclic) bond motifs is 1. The monoisotopic (exact) mass is 265 g/mol. The van der Waals surface area contributed by atoms with Gasteiger partial charge in [0, 0.05) is 12.2 Å². The van der Waals surface area contributed by atoms with Crippen LogP contribution in [0.2, 0.25) is 0 Å². The Balaban J connectivity index is 2.40. The van der Waals surface area contributed by atoms with Crippen LogP contribution in [0.3, 0.4) is 0 Å². The molecule has 0 amide bonds. The van der Waals surface area contributed by atoms with E-state index in [0.29, 0.717) is 16.7 Å². The zero-order valence-electron chi connectivity index (χ0n) is 10.4. The van der Waals surface area contributed by atoms with E-state index in [4.69, 9.17) is 5.11 Å². The minimum absolute atomic E-state index is 0.191. The Kier molecular flexibility index (Phi) is 3.68. The molecule has 0 aliphatic heterocycles. The van der Waals surface area contributed by atoms with Gasteiger partial charge in [-0.2, -0.15) is 0 Å². The Hall–Kier alpha value is -2.12. The summed E-state index contributed by atoms with van der Waals surface area (Å²) in [6.07, 6.45) is -0.857. The molecule has 0 fully saturated rings. The Morgan fingerprint density at radius 2 is 1.79 bits per heavy atom. The molecule has 2 aromatic rings. The maximum Gasteiger partial charge on any atom is 0.314 e. The van der Waals surface area contributed by atoms with Crippen LogP contribution in [-0.2, 0) is 0 Å². The normalized spacial score (nSPS) is 12.6. The maximum atomic E-state index is 11.2. The molecule has 0 aliphatic carbocycles. The van der Waals surface area contributed by atoms with Crippen molar-refractivity contribution in [3.05, 3.63) is 38.4 Å². The van der Waals surface area contributed by atoms with Crippen molar-refractivity contribution in [2.75, 3.05) is 18.5 Å². The zero-order chi connectivity index (χ0) is 14.0. The number of aromatic amines is 2. The van der Waals surface area contributed by atoms with Crippen molar-refractivity contribution in [1.29, 1.82) is 0 Å². The Labute approximate surface area is 107 Å². The predicted molar refractivity (Wildman–Crippen MR) is 71.5 cm³/mol. The highest BCUT2D eigenvalue weighted by Crippen LogP contribution is 2.19. The number of anilines is 1. The molecule has 5 N–H and O–H groups in total. The molecule has 0 aliphatic rings. The topological polar surface area (TPSA) is 118 Å². The quantitative estimate of drug-likeness (QED) is 0.468. The van der Waals surface area contributed by atoms with Crippen molar-refractivity contribution >= 4 is 16.7 Å². The number of aromatic nitrogens is 2. The molecule has 2 rings (SSSR count). The highest BCUT2D eigenvalue weighted by atomic mass is 16.3. The van der Waals surface area contributed by atoms with Gasteiger partial charge in [-0.15, -0.1) is 0 Å². The van der Waals surface area contributed by atoms with Crippen molar-refractivity contribution in [1.82, 2.24) is 9.97 Å². The van der Waals surface area contributed by atoms with Gasteiger partial charge in [-0.3, -0.25) is 9.59 Å². The van der Waals surface area contributed by atoms with Crippen molar-refractivity contribution in [2.24, 2.45) is 0 Å². The highest BCUT2D eigenvalue weighted by molar-refractivity contribution is 5.80. The number of H-pyrrole nitrogens is 2. The summed E-state index contributed by atoms with van der Waals surface area (Å²) in [5.74, 6) is 0. The SMILES string of the molecule is Cc1cc2[nH]c(=O)c(=O)[nH]c2cc1NCC(O)CO. The average molecular weight is 265 g/mol. The van der Waals surface area contributed by atoms with Crippen LogP contribution >= 0.6 is 0 Å². The standard InChI is InChI=1S/C12H15N3O4/c1-6-2-9-10(15-12(19)11(18)14-9)3-8(6)13-4-7(17)5-16/h2-3,7,13,16-17H,4-5H2,1H3,(H,14,18)(H,15,19). The number of hydrogen-bond acceptors (Lipinski definition) is 5. The molecule has 7 heteroatoms. The number of aliphatic hydroxyl groups excluding tert-OH is 2. The van der Waals surface area contributed by atoms with Crippen molar-refractivity contribution < 1.29 is 10.2 Å². The fraction of sp³-hybridized carbons (Fsp3) is 0.333. The van der Waals surface area contributed by atoms with E-state index in [0.717, 1.165) is 5.56 Å². The van der Waals surface area contributed by atoms with Gasteiger partial charge in [-0.25, -0.2) is 0 Å². The van der Waals surface area contributed by atoms with Crippen molar-refractivity contribution in [3.8, 4) is 0 Å². The van der Waals surface area contributed by atoms with Gasteiger partial charge in [0.1, 0.15) is 0 Å². The first-order valence-electron chi connectivity index (χ1n) is 5.81. The lowest BCUT2D eigenvalue weighted by atomic mass is 10.1. The van der Waals surface area contributed by atoms with Crippen LogP contribution in [0.25, 0.3) is 11.0 Å². The third-order valence-electron chi connectivity index (χ3n) is 2.81. The first-order valence-corrected chi connectivity index (χ1v) is 5.81. The molecule has 1 heterocycles. The van der Waals surface area contributed by atoms with Gasteiger partial charge in [0.05, 0.1) is 23.7 Å². The number of aliphatic hydroxyl groups is 2. The lowest BCUT2D eigenvalue weighted by Crippen LogP contribution is -2.29. The first-order chi connectivity index (χ1) is 9.01. The van der Waals surface area contributed by atoms with E-state index in [1.54, 1.807) is 12.1 Å². The van der Waals surface area contributed by atoms with E-state index in [2.05, 4.69) is 15.3 Å². The Morgan fingerprint density at radius 1 is 1.21 bits per heavy atom. The molecule has 1 unspecified atom stereocenters. The van der Waals surface area contributed by atoms with Gasteiger partial charge in [0.25, 0.3) is 0 Å². The Bertz CT molecular complexity index is 704. The summed E-state index contributed by atoms with van der Waals surface area (Å²) in [4.78, 5) is 27.4. The second kappa shape index (κ2) is 5.25. The lowest BCUT2D eigenvalue weighted by Gasteiger charge is -2.13. The van der Waals surface area contributed by atoms with Crippen LogP contribution in [0, 0.1) is 6.92 Å². The molecule has 0 radical (unpaired) electrons. The van der Waals surface area contributed by atoms with Crippen molar-refractivity contribution in [2.45, 2.75) is 13.0 Å². The van der Waals surface area contributed by atoms with E-state index in [1.165, 1.54) is 0 Å². The molecular weight excluding hydrogens is 250 g/mol. The van der Waals surface area contributed by atoms with Crippen LogP contribution in [0.15, 0.2) is 21.7 Å². The number of rotatable bonds is 4.